The van der Waals surface area contributed by atoms with Crippen LogP contribution < -0.4 is 20.1 Å². The number of nitrogens with one attached hydrogen (secondary N) is 1. The molecular weight excluding hydrogens is 566 g/mol. The molecule has 0 aliphatic carbocycles. The zero-order valence-corrected chi connectivity index (χ0v) is 24.1. The summed E-state index contributed by atoms with van der Waals surface area (Å²) < 4.78 is 39.4. The van der Waals surface area contributed by atoms with Crippen LogP contribution >= 0.6 is 0 Å². The Labute approximate surface area is 252 Å². The first-order chi connectivity index (χ1) is 21.4. The van der Waals surface area contributed by atoms with E-state index in [1.54, 1.807) is 6.20 Å². The molecular formula is C32H30F2N8O2. The van der Waals surface area contributed by atoms with Gasteiger partial charge in [0.05, 0.1) is 17.6 Å². The first-order valence-corrected chi connectivity index (χ1v) is 14.6. The Kier molecular flexibility index (Phi) is 7.10. The number of aromatic nitrogens is 5. The van der Waals surface area contributed by atoms with Crippen molar-refractivity contribution in [1.82, 2.24) is 29.9 Å². The van der Waals surface area contributed by atoms with E-state index < -0.39 is 11.6 Å². The molecule has 5 aromatic rings. The quantitative estimate of drug-likeness (QED) is 0.273. The van der Waals surface area contributed by atoms with Gasteiger partial charge in [-0.2, -0.15) is 9.97 Å². The monoisotopic (exact) mass is 596 g/mol. The number of pyridine rings is 1. The SMILES string of the molecule is C#Cc1c(F)ccc2cc(O)cc(-c3ncc4c(N5CCCCCN5)nc(OCC5CN(c6nccn6C)C5)nc4c3F)c12. The van der Waals surface area contributed by atoms with Crippen LogP contribution in [0.5, 0.6) is 11.8 Å². The summed E-state index contributed by atoms with van der Waals surface area (Å²) >= 11 is 0. The standard InChI is InChI=1S/C32H30F2N8O2/c1-3-22-25(33)8-7-20-13-21(43)14-23(26(20)22)28-27(34)29-24(15-36-28)30(42-11-6-4-5-9-37-42)39-31(38-29)44-18-19-16-41(17-19)32-35-10-12-40(32)2/h1,7-8,10,12-15,19,37,43H,4-6,9,11,16-18H2,2H3. The summed E-state index contributed by atoms with van der Waals surface area (Å²) in [5.74, 6) is 2.43. The summed E-state index contributed by atoms with van der Waals surface area (Å²) in [5.41, 5.74) is 3.37. The Balaban J connectivity index is 1.29. The maximum absolute atomic E-state index is 16.6. The number of hydrogen-bond acceptors (Lipinski definition) is 9. The maximum atomic E-state index is 16.6. The van der Waals surface area contributed by atoms with E-state index in [2.05, 4.69) is 31.2 Å². The highest BCUT2D eigenvalue weighted by molar-refractivity contribution is 6.03. The number of ether oxygens (including phenoxy) is 1. The van der Waals surface area contributed by atoms with Crippen LogP contribution in [0.4, 0.5) is 20.5 Å². The van der Waals surface area contributed by atoms with Crippen molar-refractivity contribution in [2.24, 2.45) is 13.0 Å². The number of anilines is 2. The number of phenolic OH excluding ortho intramolecular Hbond substituents is 1. The summed E-state index contributed by atoms with van der Waals surface area (Å²) in [4.78, 5) is 20.2. The summed E-state index contributed by atoms with van der Waals surface area (Å²) in [6, 6.07) is 5.53. The van der Waals surface area contributed by atoms with Crippen molar-refractivity contribution < 1.29 is 18.6 Å². The fraction of sp³-hybridized carbons (Fsp3) is 0.312. The van der Waals surface area contributed by atoms with Crippen molar-refractivity contribution in [1.29, 1.82) is 0 Å². The second-order valence-corrected chi connectivity index (χ2v) is 11.2. The van der Waals surface area contributed by atoms with E-state index in [0.717, 1.165) is 44.8 Å². The molecule has 7 rings (SSSR count). The number of aryl methyl sites for hydroxylation is 1. The zero-order valence-electron chi connectivity index (χ0n) is 24.1. The maximum Gasteiger partial charge on any atom is 0.319 e. The lowest BCUT2D eigenvalue weighted by Crippen LogP contribution is -2.50. The number of rotatable bonds is 6. The summed E-state index contributed by atoms with van der Waals surface area (Å²) in [6.45, 7) is 3.29. The van der Waals surface area contributed by atoms with Crippen LogP contribution in [0.2, 0.25) is 0 Å². The third-order valence-electron chi connectivity index (χ3n) is 8.20. The molecule has 0 spiro atoms. The van der Waals surface area contributed by atoms with Crippen LogP contribution in [0.1, 0.15) is 24.8 Å². The van der Waals surface area contributed by atoms with E-state index in [0.29, 0.717) is 29.7 Å². The summed E-state index contributed by atoms with van der Waals surface area (Å²) in [7, 11) is 1.95. The number of hydrogen-bond donors (Lipinski definition) is 2. The third kappa shape index (κ3) is 4.89. The van der Waals surface area contributed by atoms with Crippen LogP contribution in [0, 0.1) is 29.9 Å². The largest absolute Gasteiger partial charge is 0.508 e. The van der Waals surface area contributed by atoms with Crippen molar-refractivity contribution in [3.05, 3.63) is 60.1 Å². The molecule has 2 saturated heterocycles. The van der Waals surface area contributed by atoms with E-state index in [1.807, 2.05) is 22.8 Å². The van der Waals surface area contributed by atoms with Crippen LogP contribution in [-0.4, -0.2) is 62.4 Å². The smallest absolute Gasteiger partial charge is 0.319 e. The predicted molar refractivity (Wildman–Crippen MR) is 163 cm³/mol. The van der Waals surface area contributed by atoms with Crippen molar-refractivity contribution in [2.45, 2.75) is 19.3 Å². The number of terminal acetylenes is 1. The summed E-state index contributed by atoms with van der Waals surface area (Å²) in [5, 5.41) is 13.5. The summed E-state index contributed by atoms with van der Waals surface area (Å²) in [6.07, 6.45) is 13.8. The molecule has 0 radical (unpaired) electrons. The second kappa shape index (κ2) is 11.2. The first kappa shape index (κ1) is 27.8. The van der Waals surface area contributed by atoms with Gasteiger partial charge >= 0.3 is 6.01 Å². The molecule has 3 aromatic heterocycles. The van der Waals surface area contributed by atoms with Gasteiger partial charge in [0.1, 0.15) is 22.8 Å². The highest BCUT2D eigenvalue weighted by Gasteiger charge is 2.30. The molecule has 0 atom stereocenters. The van der Waals surface area contributed by atoms with E-state index in [9.17, 15) is 9.50 Å². The van der Waals surface area contributed by atoms with Crippen LogP contribution in [0.3, 0.4) is 0 Å². The van der Waals surface area contributed by atoms with Gasteiger partial charge in [-0.1, -0.05) is 18.4 Å². The fourth-order valence-corrected chi connectivity index (χ4v) is 5.97. The number of nitrogens with zero attached hydrogens (tertiary/aromatic N) is 7. The molecule has 12 heteroatoms. The fourth-order valence-electron chi connectivity index (χ4n) is 5.97. The Morgan fingerprint density at radius 2 is 2.00 bits per heavy atom. The lowest BCUT2D eigenvalue weighted by molar-refractivity contribution is 0.205. The molecule has 224 valence electrons. The molecule has 2 aromatic carbocycles. The van der Waals surface area contributed by atoms with Gasteiger partial charge in [-0.15, -0.1) is 6.42 Å². The van der Waals surface area contributed by atoms with E-state index >= 15 is 4.39 Å². The molecule has 10 nitrogen and oxygen atoms in total. The number of halogens is 2. The Morgan fingerprint density at radius 3 is 2.80 bits per heavy atom. The van der Waals surface area contributed by atoms with Gasteiger partial charge in [-0.3, -0.25) is 9.99 Å². The Morgan fingerprint density at radius 1 is 1.14 bits per heavy atom. The molecule has 2 fully saturated rings. The van der Waals surface area contributed by atoms with Crippen LogP contribution in [-0.2, 0) is 7.05 Å². The van der Waals surface area contributed by atoms with Crippen molar-refractivity contribution in [3.63, 3.8) is 0 Å². The number of aromatic hydroxyl groups is 1. The van der Waals surface area contributed by atoms with E-state index in [4.69, 9.17) is 16.1 Å². The normalized spacial score (nSPS) is 15.8. The van der Waals surface area contributed by atoms with Crippen LogP contribution in [0.15, 0.2) is 42.9 Å². The lowest BCUT2D eigenvalue weighted by atomic mass is 9.96. The highest BCUT2D eigenvalue weighted by atomic mass is 19.1. The predicted octanol–water partition coefficient (Wildman–Crippen LogP) is 4.55. The van der Waals surface area contributed by atoms with E-state index in [-0.39, 0.29) is 45.4 Å². The molecule has 0 saturated carbocycles. The van der Waals surface area contributed by atoms with Crippen molar-refractivity contribution in [2.75, 3.05) is 42.7 Å². The Bertz CT molecular complexity index is 1920. The molecule has 0 amide bonds. The van der Waals surface area contributed by atoms with Gasteiger partial charge in [0.15, 0.2) is 11.6 Å². The first-order valence-electron chi connectivity index (χ1n) is 14.6. The topological polar surface area (TPSA) is 104 Å². The molecule has 2 aliphatic rings. The minimum atomic E-state index is -0.755. The van der Waals surface area contributed by atoms with Crippen LogP contribution in [0.25, 0.3) is 32.9 Å². The molecule has 44 heavy (non-hydrogen) atoms. The molecule has 5 heterocycles. The third-order valence-corrected chi connectivity index (χ3v) is 8.20. The van der Waals surface area contributed by atoms with Crippen molar-refractivity contribution in [3.8, 4) is 35.4 Å². The molecule has 0 unspecified atom stereocenters. The average molecular weight is 597 g/mol. The van der Waals surface area contributed by atoms with Crippen molar-refractivity contribution >= 4 is 33.4 Å². The van der Waals surface area contributed by atoms with Gasteiger partial charge in [-0.25, -0.2) is 19.2 Å². The number of phenols is 1. The van der Waals surface area contributed by atoms with Gasteiger partial charge in [-0.05, 0) is 36.4 Å². The van der Waals surface area contributed by atoms with Gasteiger partial charge < -0.3 is 19.3 Å². The molecule has 2 N–H and O–H groups in total. The number of imidazole rings is 1. The lowest BCUT2D eigenvalue weighted by Gasteiger charge is -2.39. The average Bonchev–Trinajstić information content (AvgIpc) is 3.23. The van der Waals surface area contributed by atoms with E-state index in [1.165, 1.54) is 30.5 Å². The number of benzene rings is 2. The number of hydrazine groups is 1. The van der Waals surface area contributed by atoms with Gasteiger partial charge in [0, 0.05) is 68.7 Å². The minimum Gasteiger partial charge on any atom is -0.508 e. The number of fused-ring (bicyclic) bond motifs is 2. The van der Waals surface area contributed by atoms with Gasteiger partial charge in [0.2, 0.25) is 5.95 Å². The molecule has 2 aliphatic heterocycles. The highest BCUT2D eigenvalue weighted by Crippen LogP contribution is 2.38. The second-order valence-electron chi connectivity index (χ2n) is 11.2. The minimum absolute atomic E-state index is 0.000512. The van der Waals surface area contributed by atoms with Gasteiger partial charge in [0.25, 0.3) is 0 Å². The Hall–Kier alpha value is -5.02. The molecule has 0 bridgehead atoms. The zero-order chi connectivity index (χ0) is 30.4.